The second kappa shape index (κ2) is 7.41. The van der Waals surface area contributed by atoms with Crippen LogP contribution >= 0.6 is 0 Å². The van der Waals surface area contributed by atoms with Gasteiger partial charge in [-0.05, 0) is 41.8 Å². The Kier molecular flexibility index (Phi) is 5.31. The summed E-state index contributed by atoms with van der Waals surface area (Å²) in [5, 5.41) is 8.90. The Labute approximate surface area is 129 Å². The number of carboxylic acids is 1. The van der Waals surface area contributed by atoms with Crippen molar-refractivity contribution < 1.29 is 19.4 Å². The van der Waals surface area contributed by atoms with Gasteiger partial charge in [0.25, 0.3) is 0 Å². The molecule has 22 heavy (non-hydrogen) atoms. The number of carbonyl (C=O) groups excluding carboxylic acids is 1. The number of carbonyl (C=O) groups is 2. The molecular formula is C18H18O4. The molecule has 0 heterocycles. The largest absolute Gasteiger partial charge is 0.478 e. The van der Waals surface area contributed by atoms with Crippen molar-refractivity contribution >= 4 is 11.9 Å². The molecule has 0 aromatic heterocycles. The molecule has 4 nitrogen and oxygen atoms in total. The molecule has 1 N–H and O–H groups in total. The molecule has 0 saturated heterocycles. The maximum Gasteiger partial charge on any atom is 0.338 e. The standard InChI is InChI=1S/C18H18O4/c1-2-3-11-22-18(21)16-6-4-5-15(12-16)13-7-9-14(10-8-13)17(19)20/h4-10,12H,2-3,11H2,1H3,(H,19,20). The molecule has 0 fully saturated rings. The Morgan fingerprint density at radius 2 is 1.73 bits per heavy atom. The van der Waals surface area contributed by atoms with E-state index in [0.29, 0.717) is 12.2 Å². The summed E-state index contributed by atoms with van der Waals surface area (Å²) in [7, 11) is 0. The SMILES string of the molecule is CCCCOC(=O)c1cccc(-c2ccc(C(=O)O)cc2)c1. The lowest BCUT2D eigenvalue weighted by Gasteiger charge is -2.07. The molecule has 4 heteroatoms. The highest BCUT2D eigenvalue weighted by Crippen LogP contribution is 2.21. The minimum absolute atomic E-state index is 0.235. The van der Waals surface area contributed by atoms with Gasteiger partial charge in [0, 0.05) is 0 Å². The Morgan fingerprint density at radius 3 is 2.36 bits per heavy atom. The minimum Gasteiger partial charge on any atom is -0.478 e. The van der Waals surface area contributed by atoms with Gasteiger partial charge in [0.15, 0.2) is 0 Å². The number of rotatable bonds is 6. The summed E-state index contributed by atoms with van der Waals surface area (Å²) < 4.78 is 5.19. The van der Waals surface area contributed by atoms with Crippen LogP contribution in [0.15, 0.2) is 48.5 Å². The maximum absolute atomic E-state index is 11.9. The predicted molar refractivity (Wildman–Crippen MR) is 84.0 cm³/mol. The van der Waals surface area contributed by atoms with E-state index in [4.69, 9.17) is 9.84 Å². The molecule has 0 unspecified atom stereocenters. The minimum atomic E-state index is -0.959. The second-order valence-corrected chi connectivity index (χ2v) is 4.95. The molecule has 0 radical (unpaired) electrons. The van der Waals surface area contributed by atoms with E-state index in [9.17, 15) is 9.59 Å². The highest BCUT2D eigenvalue weighted by Gasteiger charge is 2.09. The molecular weight excluding hydrogens is 280 g/mol. The summed E-state index contributed by atoms with van der Waals surface area (Å²) in [6.07, 6.45) is 1.82. The Bertz CT molecular complexity index is 659. The van der Waals surface area contributed by atoms with Gasteiger partial charge in [-0.25, -0.2) is 9.59 Å². The van der Waals surface area contributed by atoms with Gasteiger partial charge >= 0.3 is 11.9 Å². The lowest BCUT2D eigenvalue weighted by Crippen LogP contribution is -2.06. The van der Waals surface area contributed by atoms with Crippen LogP contribution in [0.25, 0.3) is 11.1 Å². The van der Waals surface area contributed by atoms with E-state index in [1.54, 1.807) is 42.5 Å². The van der Waals surface area contributed by atoms with E-state index in [0.717, 1.165) is 24.0 Å². The van der Waals surface area contributed by atoms with Crippen LogP contribution in [0.3, 0.4) is 0 Å². The van der Waals surface area contributed by atoms with Crippen LogP contribution in [0.2, 0.25) is 0 Å². The lowest BCUT2D eigenvalue weighted by atomic mass is 10.0. The monoisotopic (exact) mass is 298 g/mol. The van der Waals surface area contributed by atoms with Crippen molar-refractivity contribution in [2.75, 3.05) is 6.61 Å². The molecule has 0 amide bonds. The molecule has 2 rings (SSSR count). The fraction of sp³-hybridized carbons (Fsp3) is 0.222. The number of hydrogen-bond donors (Lipinski definition) is 1. The lowest BCUT2D eigenvalue weighted by molar-refractivity contribution is 0.0499. The molecule has 0 aliphatic rings. The molecule has 0 aliphatic heterocycles. The number of unbranched alkanes of at least 4 members (excludes halogenated alkanes) is 1. The first-order chi connectivity index (χ1) is 10.6. The summed E-state index contributed by atoms with van der Waals surface area (Å²) in [5.41, 5.74) is 2.44. The number of aromatic carboxylic acids is 1. The van der Waals surface area contributed by atoms with Crippen LogP contribution in [0.4, 0.5) is 0 Å². The van der Waals surface area contributed by atoms with Crippen molar-refractivity contribution in [3.05, 3.63) is 59.7 Å². The smallest absolute Gasteiger partial charge is 0.338 e. The van der Waals surface area contributed by atoms with Crippen molar-refractivity contribution in [1.82, 2.24) is 0 Å². The second-order valence-electron chi connectivity index (χ2n) is 4.95. The van der Waals surface area contributed by atoms with Gasteiger partial charge in [0.1, 0.15) is 0 Å². The van der Waals surface area contributed by atoms with Gasteiger partial charge in [0.2, 0.25) is 0 Å². The van der Waals surface area contributed by atoms with Crippen LogP contribution in [0, 0.1) is 0 Å². The van der Waals surface area contributed by atoms with E-state index in [1.807, 2.05) is 13.0 Å². The van der Waals surface area contributed by atoms with Gasteiger partial charge < -0.3 is 9.84 Å². The summed E-state index contributed by atoms with van der Waals surface area (Å²) in [6.45, 7) is 2.46. The number of carboxylic acid groups (broad SMARTS) is 1. The zero-order valence-electron chi connectivity index (χ0n) is 12.4. The average molecular weight is 298 g/mol. The van der Waals surface area contributed by atoms with Crippen molar-refractivity contribution in [2.45, 2.75) is 19.8 Å². The van der Waals surface area contributed by atoms with E-state index >= 15 is 0 Å². The van der Waals surface area contributed by atoms with Crippen LogP contribution in [0.1, 0.15) is 40.5 Å². The van der Waals surface area contributed by atoms with Crippen LogP contribution in [-0.4, -0.2) is 23.7 Å². The third-order valence-electron chi connectivity index (χ3n) is 3.29. The van der Waals surface area contributed by atoms with Crippen LogP contribution in [0.5, 0.6) is 0 Å². The zero-order chi connectivity index (χ0) is 15.9. The van der Waals surface area contributed by atoms with Crippen molar-refractivity contribution in [3.8, 4) is 11.1 Å². The third-order valence-corrected chi connectivity index (χ3v) is 3.29. The van der Waals surface area contributed by atoms with E-state index in [2.05, 4.69) is 0 Å². The Hall–Kier alpha value is -2.62. The topological polar surface area (TPSA) is 63.6 Å². The Balaban J connectivity index is 2.17. The molecule has 2 aromatic carbocycles. The molecule has 0 spiro atoms. The fourth-order valence-corrected chi connectivity index (χ4v) is 2.02. The first-order valence-electron chi connectivity index (χ1n) is 7.22. The first kappa shape index (κ1) is 15.8. The maximum atomic E-state index is 11.9. The first-order valence-corrected chi connectivity index (χ1v) is 7.22. The number of benzene rings is 2. The molecule has 2 aromatic rings. The third kappa shape index (κ3) is 3.95. The Morgan fingerprint density at radius 1 is 1.00 bits per heavy atom. The van der Waals surface area contributed by atoms with Gasteiger partial charge in [-0.3, -0.25) is 0 Å². The van der Waals surface area contributed by atoms with Crippen molar-refractivity contribution in [2.24, 2.45) is 0 Å². The summed E-state index contributed by atoms with van der Waals surface area (Å²) in [5.74, 6) is -1.29. The van der Waals surface area contributed by atoms with Gasteiger partial charge in [-0.15, -0.1) is 0 Å². The average Bonchev–Trinajstić information content (AvgIpc) is 2.55. The summed E-state index contributed by atoms with van der Waals surface area (Å²) >= 11 is 0. The summed E-state index contributed by atoms with van der Waals surface area (Å²) in [6, 6.07) is 13.7. The molecule has 0 bridgehead atoms. The highest BCUT2D eigenvalue weighted by atomic mass is 16.5. The number of hydrogen-bond acceptors (Lipinski definition) is 3. The van der Waals surface area contributed by atoms with E-state index in [1.165, 1.54) is 0 Å². The predicted octanol–water partition coefficient (Wildman–Crippen LogP) is 4.01. The van der Waals surface area contributed by atoms with Crippen molar-refractivity contribution in [1.29, 1.82) is 0 Å². The van der Waals surface area contributed by atoms with Gasteiger partial charge in [0.05, 0.1) is 17.7 Å². The molecule has 0 aliphatic carbocycles. The number of ether oxygens (including phenoxy) is 1. The van der Waals surface area contributed by atoms with E-state index in [-0.39, 0.29) is 11.5 Å². The zero-order valence-corrected chi connectivity index (χ0v) is 12.4. The van der Waals surface area contributed by atoms with E-state index < -0.39 is 5.97 Å². The molecule has 0 saturated carbocycles. The van der Waals surface area contributed by atoms with Crippen molar-refractivity contribution in [3.63, 3.8) is 0 Å². The fourth-order valence-electron chi connectivity index (χ4n) is 2.02. The highest BCUT2D eigenvalue weighted by molar-refractivity contribution is 5.91. The summed E-state index contributed by atoms with van der Waals surface area (Å²) in [4.78, 5) is 22.8. The molecule has 114 valence electrons. The van der Waals surface area contributed by atoms with Gasteiger partial charge in [-0.2, -0.15) is 0 Å². The van der Waals surface area contributed by atoms with Crippen LogP contribution in [-0.2, 0) is 4.74 Å². The normalized spacial score (nSPS) is 10.2. The quantitative estimate of drug-likeness (QED) is 0.646. The molecule has 0 atom stereocenters. The number of esters is 1. The van der Waals surface area contributed by atoms with Crippen LogP contribution < -0.4 is 0 Å². The van der Waals surface area contributed by atoms with Gasteiger partial charge in [-0.1, -0.05) is 37.6 Å².